The van der Waals surface area contributed by atoms with Crippen LogP contribution in [-0.2, 0) is 25.4 Å². The molecule has 0 aliphatic heterocycles. The first-order valence-electron chi connectivity index (χ1n) is 10.8. The standard InChI is InChI=1S/C24H33ClN2O7/c1-21(2,3)32-18(29)24(13-14-12-15(25)10-11-16(14)17(24)28)27(20(31)34-23(7,8)9)26-19(30)33-22(4,5)6/h10-12H,13H2,1-9H3,(H,26,30)/t24-/m0/s1. The van der Waals surface area contributed by atoms with Crippen LogP contribution in [0.5, 0.6) is 0 Å². The summed E-state index contributed by atoms with van der Waals surface area (Å²) in [6, 6.07) is 4.50. The van der Waals surface area contributed by atoms with Crippen molar-refractivity contribution in [3.8, 4) is 0 Å². The van der Waals surface area contributed by atoms with Gasteiger partial charge in [-0.1, -0.05) is 11.6 Å². The third-order valence-corrected chi connectivity index (χ3v) is 4.67. The van der Waals surface area contributed by atoms with E-state index in [0.717, 1.165) is 0 Å². The lowest BCUT2D eigenvalue weighted by atomic mass is 9.93. The summed E-state index contributed by atoms with van der Waals surface area (Å²) in [5.41, 5.74) is -2.33. The van der Waals surface area contributed by atoms with E-state index in [1.54, 1.807) is 62.3 Å². The van der Waals surface area contributed by atoms with E-state index in [9.17, 15) is 19.2 Å². The Hall–Kier alpha value is -2.81. The van der Waals surface area contributed by atoms with E-state index in [0.29, 0.717) is 15.6 Å². The summed E-state index contributed by atoms with van der Waals surface area (Å²) >= 11 is 6.11. The number of esters is 1. The highest BCUT2D eigenvalue weighted by Gasteiger charge is 2.61. The number of hydrogen-bond acceptors (Lipinski definition) is 7. The molecule has 2 rings (SSSR count). The number of carbonyl (C=O) groups is 4. The summed E-state index contributed by atoms with van der Waals surface area (Å²) in [5, 5.41) is 0.923. The SMILES string of the molecule is CC(C)(C)OC(=O)NN(C(=O)OC(C)(C)C)[C@@]1(C(=O)OC(C)(C)C)Cc2cc(Cl)ccc2C1=O. The molecule has 1 N–H and O–H groups in total. The van der Waals surface area contributed by atoms with Crippen molar-refractivity contribution < 1.29 is 33.4 Å². The van der Waals surface area contributed by atoms with Crippen LogP contribution in [0.15, 0.2) is 18.2 Å². The van der Waals surface area contributed by atoms with Gasteiger partial charge in [0.25, 0.3) is 0 Å². The van der Waals surface area contributed by atoms with Crippen molar-refractivity contribution in [2.24, 2.45) is 0 Å². The van der Waals surface area contributed by atoms with Crippen LogP contribution >= 0.6 is 11.6 Å². The first kappa shape index (κ1) is 27.4. The molecule has 34 heavy (non-hydrogen) atoms. The van der Waals surface area contributed by atoms with Crippen LogP contribution in [0.4, 0.5) is 9.59 Å². The van der Waals surface area contributed by atoms with E-state index in [1.165, 1.54) is 18.2 Å². The van der Waals surface area contributed by atoms with E-state index in [-0.39, 0.29) is 12.0 Å². The fourth-order valence-corrected chi connectivity index (χ4v) is 3.50. The molecule has 0 unspecified atom stereocenters. The van der Waals surface area contributed by atoms with E-state index in [2.05, 4.69) is 5.43 Å². The average Bonchev–Trinajstić information content (AvgIpc) is 2.88. The maximum absolute atomic E-state index is 13.8. The molecule has 0 spiro atoms. The fourth-order valence-electron chi connectivity index (χ4n) is 3.30. The van der Waals surface area contributed by atoms with Gasteiger partial charge in [0.15, 0.2) is 0 Å². The van der Waals surface area contributed by atoms with Gasteiger partial charge >= 0.3 is 18.2 Å². The molecule has 0 saturated carbocycles. The number of hydrazine groups is 1. The molecule has 2 amide bonds. The van der Waals surface area contributed by atoms with Crippen molar-refractivity contribution >= 4 is 35.5 Å². The number of benzene rings is 1. The lowest BCUT2D eigenvalue weighted by molar-refractivity contribution is -0.167. The molecule has 188 valence electrons. The van der Waals surface area contributed by atoms with Crippen LogP contribution in [0.3, 0.4) is 0 Å². The largest absolute Gasteiger partial charge is 0.458 e. The molecule has 1 aromatic carbocycles. The van der Waals surface area contributed by atoms with Gasteiger partial charge in [0.05, 0.1) is 0 Å². The van der Waals surface area contributed by atoms with E-state index in [4.69, 9.17) is 25.8 Å². The van der Waals surface area contributed by atoms with Crippen LogP contribution in [0, 0.1) is 0 Å². The van der Waals surface area contributed by atoms with Gasteiger partial charge in [0.2, 0.25) is 11.3 Å². The molecule has 1 aliphatic rings. The Morgan fingerprint density at radius 1 is 0.912 bits per heavy atom. The highest BCUT2D eigenvalue weighted by atomic mass is 35.5. The van der Waals surface area contributed by atoms with Gasteiger partial charge in [-0.15, -0.1) is 0 Å². The van der Waals surface area contributed by atoms with Gasteiger partial charge in [0.1, 0.15) is 16.8 Å². The number of fused-ring (bicyclic) bond motifs is 1. The Morgan fingerprint density at radius 2 is 1.44 bits per heavy atom. The summed E-state index contributed by atoms with van der Waals surface area (Å²) < 4.78 is 16.3. The minimum atomic E-state index is -2.28. The van der Waals surface area contributed by atoms with Gasteiger partial charge in [-0.3, -0.25) is 4.79 Å². The molecule has 1 aromatic rings. The van der Waals surface area contributed by atoms with Crippen molar-refractivity contribution in [2.75, 3.05) is 0 Å². The molecule has 0 heterocycles. The van der Waals surface area contributed by atoms with Crippen molar-refractivity contribution in [1.29, 1.82) is 0 Å². The zero-order chi connectivity index (χ0) is 26.3. The number of hydrogen-bond donors (Lipinski definition) is 1. The van der Waals surface area contributed by atoms with Gasteiger partial charge in [-0.05, 0) is 86.1 Å². The number of ether oxygens (including phenoxy) is 3. The predicted molar refractivity (Wildman–Crippen MR) is 126 cm³/mol. The Balaban J connectivity index is 2.68. The fraction of sp³-hybridized carbons (Fsp3) is 0.583. The molecule has 1 aliphatic carbocycles. The van der Waals surface area contributed by atoms with Gasteiger partial charge < -0.3 is 14.2 Å². The van der Waals surface area contributed by atoms with Crippen LogP contribution in [-0.4, -0.2) is 51.3 Å². The van der Waals surface area contributed by atoms with E-state index in [1.807, 2.05) is 0 Å². The van der Waals surface area contributed by atoms with Crippen molar-refractivity contribution in [3.63, 3.8) is 0 Å². The van der Waals surface area contributed by atoms with Crippen molar-refractivity contribution in [1.82, 2.24) is 10.4 Å². The monoisotopic (exact) mass is 496 g/mol. The minimum absolute atomic E-state index is 0.176. The van der Waals surface area contributed by atoms with Crippen molar-refractivity contribution in [3.05, 3.63) is 34.3 Å². The first-order valence-corrected chi connectivity index (χ1v) is 11.2. The normalized spacial score (nSPS) is 18.1. The lowest BCUT2D eigenvalue weighted by Crippen LogP contribution is -2.68. The quantitative estimate of drug-likeness (QED) is 0.270. The van der Waals surface area contributed by atoms with Crippen LogP contribution in [0.2, 0.25) is 5.02 Å². The first-order chi connectivity index (χ1) is 15.2. The predicted octanol–water partition coefficient (Wildman–Crippen LogP) is 4.84. The molecule has 0 fully saturated rings. The maximum Gasteiger partial charge on any atom is 0.430 e. The molecule has 9 nitrogen and oxygen atoms in total. The van der Waals surface area contributed by atoms with Crippen LogP contribution in [0.1, 0.15) is 78.2 Å². The third kappa shape index (κ3) is 6.40. The smallest absolute Gasteiger partial charge is 0.430 e. The summed E-state index contributed by atoms with van der Waals surface area (Å²) in [6.45, 7) is 14.6. The van der Waals surface area contributed by atoms with Crippen molar-refractivity contribution in [2.45, 2.75) is 91.1 Å². The number of ketones is 1. The zero-order valence-electron chi connectivity index (χ0n) is 21.1. The average molecular weight is 497 g/mol. The molecule has 0 radical (unpaired) electrons. The molecular weight excluding hydrogens is 464 g/mol. The number of Topliss-reactive ketones (excluding diaryl/α,β-unsaturated/α-hetero) is 1. The second kappa shape index (κ2) is 9.09. The van der Waals surface area contributed by atoms with Crippen LogP contribution in [0.25, 0.3) is 0 Å². The summed E-state index contributed by atoms with van der Waals surface area (Å²) in [5.74, 6) is -1.77. The summed E-state index contributed by atoms with van der Waals surface area (Å²) in [6.07, 6.45) is -2.47. The molecule has 0 aromatic heterocycles. The number of carbonyl (C=O) groups excluding carboxylic acids is 4. The molecule has 0 saturated heterocycles. The van der Waals surface area contributed by atoms with Gasteiger partial charge in [0, 0.05) is 17.0 Å². The Morgan fingerprint density at radius 3 is 1.94 bits per heavy atom. The molecule has 0 bridgehead atoms. The lowest BCUT2D eigenvalue weighted by Gasteiger charge is -2.39. The minimum Gasteiger partial charge on any atom is -0.458 e. The summed E-state index contributed by atoms with van der Waals surface area (Å²) in [4.78, 5) is 53.4. The van der Waals surface area contributed by atoms with Gasteiger partial charge in [-0.25, -0.2) is 19.8 Å². The third-order valence-electron chi connectivity index (χ3n) is 4.43. The van der Waals surface area contributed by atoms with E-state index >= 15 is 0 Å². The highest BCUT2D eigenvalue weighted by molar-refractivity contribution is 6.31. The van der Waals surface area contributed by atoms with E-state index < -0.39 is 46.3 Å². The summed E-state index contributed by atoms with van der Waals surface area (Å²) in [7, 11) is 0. The Kier molecular flexibility index (Phi) is 7.34. The zero-order valence-corrected chi connectivity index (χ0v) is 21.9. The van der Waals surface area contributed by atoms with Crippen LogP contribution < -0.4 is 5.43 Å². The number of nitrogens with one attached hydrogen (secondary N) is 1. The number of rotatable bonds is 2. The highest BCUT2D eigenvalue weighted by Crippen LogP contribution is 2.38. The molecule has 1 atom stereocenters. The number of amides is 2. The second-order valence-corrected chi connectivity index (χ2v) is 11.5. The maximum atomic E-state index is 13.8. The Bertz CT molecular complexity index is 1000. The molecule has 10 heteroatoms. The Labute approximate surface area is 205 Å². The second-order valence-electron chi connectivity index (χ2n) is 11.1. The molecular formula is C24H33ClN2O7. The number of halogens is 1. The topological polar surface area (TPSA) is 111 Å². The van der Waals surface area contributed by atoms with Gasteiger partial charge in [-0.2, -0.15) is 5.01 Å². The number of nitrogens with zero attached hydrogens (tertiary/aromatic N) is 1.